The highest BCUT2D eigenvalue weighted by molar-refractivity contribution is 6.00. The molecule has 0 saturated heterocycles. The van der Waals surface area contributed by atoms with Crippen molar-refractivity contribution in [1.29, 1.82) is 0 Å². The third-order valence-electron chi connectivity index (χ3n) is 18.3. The van der Waals surface area contributed by atoms with E-state index in [4.69, 9.17) is 22.9 Å². The van der Waals surface area contributed by atoms with Crippen LogP contribution >= 0.6 is 0 Å². The van der Waals surface area contributed by atoms with Crippen molar-refractivity contribution >= 4 is 94.8 Å². The van der Waals surface area contributed by atoms with Crippen LogP contribution in [0.5, 0.6) is 5.75 Å². The first-order valence-corrected chi connectivity index (χ1v) is 37.8. The summed E-state index contributed by atoms with van der Waals surface area (Å²) in [7, 11) is 0. The number of phenolic OH excluding ortho intramolecular Hbond substituents is 1. The lowest BCUT2D eigenvalue weighted by Gasteiger charge is -2.31. The van der Waals surface area contributed by atoms with Crippen LogP contribution in [0, 0.1) is 17.8 Å². The molecule has 0 fully saturated rings. The van der Waals surface area contributed by atoms with Crippen molar-refractivity contribution in [3.05, 3.63) is 83.9 Å². The number of aliphatic hydroxyl groups excluding tert-OH is 3. The van der Waals surface area contributed by atoms with Crippen LogP contribution in [0.1, 0.15) is 143 Å². The molecule has 638 valence electrons. The zero-order chi connectivity index (χ0) is 86.3. The second-order valence-corrected chi connectivity index (χ2v) is 28.7. The topological polar surface area (TPSA) is 687 Å². The number of aliphatic imine (C=N–C) groups is 1. The fourth-order valence-electron chi connectivity index (χ4n) is 11.5. The summed E-state index contributed by atoms with van der Waals surface area (Å²) >= 11 is 0. The molecule has 41 heteroatoms. The quantitative estimate of drug-likeness (QED) is 0.0143. The lowest BCUT2D eigenvalue weighted by molar-refractivity contribution is -0.143. The van der Waals surface area contributed by atoms with Crippen LogP contribution in [-0.4, -0.2) is 251 Å². The maximum atomic E-state index is 15.1. The molecule has 0 aliphatic rings. The second kappa shape index (κ2) is 49.9. The van der Waals surface area contributed by atoms with Crippen LogP contribution in [0.25, 0.3) is 0 Å². The van der Waals surface area contributed by atoms with E-state index < -0.39 is 224 Å². The molecular formula is C74H115N19O22. The highest BCUT2D eigenvalue weighted by Gasteiger charge is 2.40. The molecule has 2 aromatic carbocycles. The summed E-state index contributed by atoms with van der Waals surface area (Å²) in [5, 5.41) is 99.7. The van der Waals surface area contributed by atoms with Crippen molar-refractivity contribution in [3.63, 3.8) is 0 Å². The van der Waals surface area contributed by atoms with Crippen molar-refractivity contribution in [1.82, 2.24) is 73.8 Å². The minimum absolute atomic E-state index is 0.0431. The molecule has 0 bridgehead atoms. The van der Waals surface area contributed by atoms with Gasteiger partial charge in [0.2, 0.25) is 70.9 Å². The molecule has 0 aliphatic carbocycles. The number of hydrogen-bond donors (Lipinski definition) is 24. The van der Waals surface area contributed by atoms with Crippen LogP contribution in [-0.2, 0) is 91.2 Å². The highest BCUT2D eigenvalue weighted by atomic mass is 16.4. The number of H-pyrrole nitrogens is 1. The Bertz CT molecular complexity index is 3730. The van der Waals surface area contributed by atoms with E-state index in [2.05, 4.69) is 78.8 Å². The predicted octanol–water partition coefficient (Wildman–Crippen LogP) is -5.21. The lowest BCUT2D eigenvalue weighted by atomic mass is 9.96. The minimum atomic E-state index is -1.94. The Balaban J connectivity index is 2.05. The SMILES string of the molecule is CC[C@H](C)[C@H](NC(=O)[C@H](Cc1ccc(O)cc1)NC(=O)[C@H](CCCCN)NC(=O)[C@@H](NC(=O)[C@@H](NC(=O)[C@@H](NC(=O)[C@H](CCC(=O)O)NC(=O)[C@@H](N)CO)[C@@H](C)O)[C@@H](C)O)C(C)C)C(=O)N[C@@H](Cc1ccccc1)C(=O)N[C@@H](CCCN=C(N)N)C(=O)N[C@@H](CC(C)C)C(=O)N[C@@H](Cc1cnc[nH]1)C(=O)N[C@@H](CCC(=O)O)C(=O)O. The van der Waals surface area contributed by atoms with Crippen LogP contribution in [0.2, 0.25) is 0 Å². The highest BCUT2D eigenvalue weighted by Crippen LogP contribution is 2.18. The zero-order valence-corrected chi connectivity index (χ0v) is 65.7. The molecule has 0 aliphatic heterocycles. The average molecular weight is 1620 g/mol. The normalized spacial score (nSPS) is 15.4. The number of aliphatic carboxylic acids is 3. The van der Waals surface area contributed by atoms with E-state index in [0.29, 0.717) is 23.2 Å². The summed E-state index contributed by atoms with van der Waals surface area (Å²) in [6.07, 6.45) is -3.64. The number of benzene rings is 2. The van der Waals surface area contributed by atoms with Gasteiger partial charge in [-0.2, -0.15) is 0 Å². The Morgan fingerprint density at radius 2 is 0.870 bits per heavy atom. The number of unbranched alkanes of at least 4 members (excludes halogenated alkanes) is 1. The number of carboxylic acids is 3. The summed E-state index contributed by atoms with van der Waals surface area (Å²) in [5.41, 5.74) is 23.8. The standard InChI is InChI=1S/C74H115N19O22/c1-9-39(6)58(70(111)89-52(31-42-16-11-10-12-17-42)66(107)83-48(19-15-29-80-74(77)78)63(104)86-51(30-37(2)3)65(106)88-54(33-44-34-79-36-81-44)67(108)85-50(73(114)115)25-27-56(100)101)91-68(109)53(32-43-20-22-45(97)23-21-43)87-62(103)47(18-13-14-28-75)84-69(110)57(38(4)5)90-71(112)60(41(8)96)93-72(113)59(40(7)95)92-64(105)49(24-26-55(98)99)82-61(102)46(76)35-94/h10-12,16-17,20-23,34,36-41,46-54,57-60,94-97H,9,13-15,18-19,24-33,35,75-76H2,1-8H3,(H,79,81)(H,82,102)(H,83,107)(H,84,110)(H,85,108)(H,86,104)(H,87,103)(H,88,106)(H,89,111)(H,90,112)(H,91,109)(H,92,105)(H,93,113)(H,98,99)(H,100,101)(H,114,115)(H4,77,78,80)/t39-,40+,41+,46-,47-,48-,49-,50-,51-,52-,53-,54-,57-,58-,59-,60-/m0/s1. The number of guanidine groups is 1. The first kappa shape index (κ1) is 97.8. The molecule has 115 heavy (non-hydrogen) atoms. The first-order valence-electron chi connectivity index (χ1n) is 37.8. The van der Waals surface area contributed by atoms with E-state index in [1.807, 2.05) is 0 Å². The summed E-state index contributed by atoms with van der Waals surface area (Å²) in [5.74, 6) is -19.0. The van der Waals surface area contributed by atoms with Gasteiger partial charge in [0.15, 0.2) is 5.96 Å². The van der Waals surface area contributed by atoms with Crippen LogP contribution in [0.15, 0.2) is 72.1 Å². The molecule has 0 radical (unpaired) electrons. The summed E-state index contributed by atoms with van der Waals surface area (Å²) < 4.78 is 0. The van der Waals surface area contributed by atoms with E-state index in [1.54, 1.807) is 58.0 Å². The van der Waals surface area contributed by atoms with Gasteiger partial charge < -0.3 is 127 Å². The number of aromatic amines is 1. The van der Waals surface area contributed by atoms with Gasteiger partial charge in [-0.3, -0.25) is 72.1 Å². The predicted molar refractivity (Wildman–Crippen MR) is 414 cm³/mol. The van der Waals surface area contributed by atoms with Crippen molar-refractivity contribution in [2.24, 2.45) is 45.7 Å². The molecule has 0 unspecified atom stereocenters. The molecule has 1 aromatic heterocycles. The number of carbonyl (C=O) groups is 15. The minimum Gasteiger partial charge on any atom is -0.508 e. The maximum absolute atomic E-state index is 15.1. The summed E-state index contributed by atoms with van der Waals surface area (Å²) in [4.78, 5) is 217. The van der Waals surface area contributed by atoms with E-state index in [1.165, 1.54) is 50.6 Å². The number of carbonyl (C=O) groups excluding carboxylic acids is 12. The largest absolute Gasteiger partial charge is 0.508 e. The van der Waals surface area contributed by atoms with Crippen molar-refractivity contribution in [2.75, 3.05) is 19.7 Å². The number of aromatic hydroxyl groups is 1. The van der Waals surface area contributed by atoms with Gasteiger partial charge in [0.05, 0.1) is 25.1 Å². The third kappa shape index (κ3) is 35.2. The molecule has 0 spiro atoms. The lowest BCUT2D eigenvalue weighted by Crippen LogP contribution is -2.64. The number of carboxylic acid groups (broad SMARTS) is 3. The Kier molecular flexibility index (Phi) is 42.5. The van der Waals surface area contributed by atoms with E-state index in [0.717, 1.165) is 13.8 Å². The van der Waals surface area contributed by atoms with Gasteiger partial charge in [0, 0.05) is 50.5 Å². The second-order valence-electron chi connectivity index (χ2n) is 28.7. The van der Waals surface area contributed by atoms with Crippen molar-refractivity contribution < 1.29 is 108 Å². The van der Waals surface area contributed by atoms with Crippen LogP contribution < -0.4 is 86.7 Å². The number of rotatable bonds is 53. The number of aliphatic hydroxyl groups is 3. The van der Waals surface area contributed by atoms with Gasteiger partial charge in [0.25, 0.3) is 0 Å². The average Bonchev–Trinajstić information content (AvgIpc) is 0.860. The molecule has 41 nitrogen and oxygen atoms in total. The molecule has 1 heterocycles. The molecule has 12 amide bonds. The van der Waals surface area contributed by atoms with Gasteiger partial charge in [-0.25, -0.2) is 9.78 Å². The van der Waals surface area contributed by atoms with Crippen LogP contribution in [0.4, 0.5) is 0 Å². The van der Waals surface area contributed by atoms with E-state index in [-0.39, 0.29) is 88.5 Å². The summed E-state index contributed by atoms with van der Waals surface area (Å²) in [6.45, 7) is 11.2. The van der Waals surface area contributed by atoms with Gasteiger partial charge >= 0.3 is 17.9 Å². The first-order chi connectivity index (χ1) is 54.2. The molecule has 0 saturated carbocycles. The number of nitrogens with one attached hydrogen (secondary N) is 13. The van der Waals surface area contributed by atoms with Crippen molar-refractivity contribution in [3.8, 4) is 5.75 Å². The van der Waals surface area contributed by atoms with Crippen molar-refractivity contribution in [2.45, 2.75) is 236 Å². The van der Waals surface area contributed by atoms with Crippen LogP contribution in [0.3, 0.4) is 0 Å². The number of imidazole rings is 1. The number of aromatic nitrogens is 2. The molecular weight excluding hydrogens is 1510 g/mol. The number of nitrogens with two attached hydrogens (primary N) is 4. The van der Waals surface area contributed by atoms with Gasteiger partial charge in [0.1, 0.15) is 84.3 Å². The fourth-order valence-corrected chi connectivity index (χ4v) is 11.5. The number of hydrogen-bond acceptors (Lipinski definition) is 23. The number of phenols is 1. The maximum Gasteiger partial charge on any atom is 0.326 e. The zero-order valence-electron chi connectivity index (χ0n) is 65.7. The Morgan fingerprint density at radius 1 is 0.470 bits per heavy atom. The summed E-state index contributed by atoms with van der Waals surface area (Å²) in [6, 6.07) is -7.07. The number of amides is 12. The van der Waals surface area contributed by atoms with E-state index in [9.17, 15) is 93.3 Å². The molecule has 3 rings (SSSR count). The van der Waals surface area contributed by atoms with Gasteiger partial charge in [-0.1, -0.05) is 90.4 Å². The molecule has 16 atom stereocenters. The molecule has 3 aromatic rings. The number of nitrogens with zero attached hydrogens (tertiary/aromatic N) is 2. The third-order valence-corrected chi connectivity index (χ3v) is 18.3. The van der Waals surface area contributed by atoms with E-state index >= 15 is 14.4 Å². The smallest absolute Gasteiger partial charge is 0.326 e. The van der Waals surface area contributed by atoms with Gasteiger partial charge in [-0.15, -0.1) is 0 Å². The molecule has 28 N–H and O–H groups in total. The monoisotopic (exact) mass is 1620 g/mol. The Hall–Kier alpha value is -11.4. The fraction of sp³-hybridized carbons (Fsp3) is 0.581. The van der Waals surface area contributed by atoms with Gasteiger partial charge in [-0.05, 0) is 113 Å². The Morgan fingerprint density at radius 3 is 1.35 bits per heavy atom. The Labute approximate surface area is 664 Å².